The van der Waals surface area contributed by atoms with Crippen LogP contribution in [0.2, 0.25) is 0 Å². The molecule has 0 saturated carbocycles. The maximum atomic E-state index is 11.8. The summed E-state index contributed by atoms with van der Waals surface area (Å²) in [7, 11) is 4.85. The van der Waals surface area contributed by atoms with Gasteiger partial charge in [-0.1, -0.05) is 40.5 Å². The molecule has 3 N–H and O–H groups in total. The van der Waals surface area contributed by atoms with Crippen molar-refractivity contribution in [2.45, 2.75) is 59.1 Å². The molecule has 0 aromatic rings. The molecule has 0 rings (SSSR count). The highest BCUT2D eigenvalue weighted by Crippen LogP contribution is 2.21. The fourth-order valence-corrected chi connectivity index (χ4v) is 2.18. The highest BCUT2D eigenvalue weighted by molar-refractivity contribution is 5.79. The number of carbonyl (C=O) groups excluding carboxylic acids is 2. The van der Waals surface area contributed by atoms with Gasteiger partial charge < -0.3 is 20.7 Å². The normalized spacial score (nSPS) is 14.2. The molecule has 0 aliphatic carbocycles. The zero-order valence-electron chi connectivity index (χ0n) is 15.3. The average molecular weight is 317 g/mol. The molecule has 0 fully saturated rings. The van der Waals surface area contributed by atoms with Gasteiger partial charge in [-0.25, -0.2) is 0 Å². The van der Waals surface area contributed by atoms with Crippen molar-refractivity contribution in [2.75, 3.05) is 27.7 Å². The lowest BCUT2D eigenvalue weighted by molar-refractivity contribution is -0.137. The van der Waals surface area contributed by atoms with Gasteiger partial charge in [0.2, 0.25) is 11.8 Å². The number of ether oxygens (including phenoxy) is 1. The molecular weight excluding hydrogens is 282 g/mol. The first-order chi connectivity index (χ1) is 10.3. The summed E-state index contributed by atoms with van der Waals surface area (Å²) >= 11 is 0. The van der Waals surface area contributed by atoms with E-state index in [4.69, 9.17) is 10.5 Å². The first-order valence-corrected chi connectivity index (χ1v) is 8.03. The molecule has 0 bridgehead atoms. The number of rotatable bonds is 8. The van der Waals surface area contributed by atoms with E-state index in [1.54, 1.807) is 26.1 Å². The van der Waals surface area contributed by atoms with Crippen LogP contribution in [0.25, 0.3) is 0 Å². The second-order valence-electron chi connectivity index (χ2n) is 5.44. The zero-order chi connectivity index (χ0) is 17.7. The summed E-state index contributed by atoms with van der Waals surface area (Å²) in [5.74, 6) is -0.0342. The zero-order valence-corrected chi connectivity index (χ0v) is 15.3. The van der Waals surface area contributed by atoms with Crippen molar-refractivity contribution < 1.29 is 14.3 Å². The van der Waals surface area contributed by atoms with Gasteiger partial charge >= 0.3 is 0 Å². The lowest BCUT2D eigenvalue weighted by Gasteiger charge is -2.37. The van der Waals surface area contributed by atoms with Crippen LogP contribution in [0, 0.1) is 5.92 Å². The summed E-state index contributed by atoms with van der Waals surface area (Å²) in [6, 6.07) is -0.164. The van der Waals surface area contributed by atoms with Gasteiger partial charge in [-0.05, 0) is 5.92 Å². The number of amides is 2. The molecule has 3 unspecified atom stereocenters. The Morgan fingerprint density at radius 1 is 1.27 bits per heavy atom. The lowest BCUT2D eigenvalue weighted by atomic mass is 9.91. The standard InChI is InChI=1S/C13H27N3O3.C3H8/c1-6-9(2)13(16(4)12(18)8-14)10(19-5)7-11(17)15-3;1-3-2/h9-10,13H,6-8,14H2,1-5H3,(H,15,17);3H2,1-2H3. The van der Waals surface area contributed by atoms with Crippen LogP contribution in [0.15, 0.2) is 0 Å². The van der Waals surface area contributed by atoms with Gasteiger partial charge in [-0.2, -0.15) is 0 Å². The van der Waals surface area contributed by atoms with Gasteiger partial charge in [-0.15, -0.1) is 0 Å². The summed E-state index contributed by atoms with van der Waals surface area (Å²) in [4.78, 5) is 24.9. The summed E-state index contributed by atoms with van der Waals surface area (Å²) in [5.41, 5.74) is 5.41. The summed E-state index contributed by atoms with van der Waals surface area (Å²) in [6.45, 7) is 8.30. The van der Waals surface area contributed by atoms with Gasteiger partial charge in [0.1, 0.15) is 0 Å². The van der Waals surface area contributed by atoms with E-state index in [1.165, 1.54) is 6.42 Å². The number of hydrogen-bond donors (Lipinski definition) is 2. The molecule has 0 saturated heterocycles. The van der Waals surface area contributed by atoms with Gasteiger partial charge in [0.15, 0.2) is 0 Å². The molecule has 0 radical (unpaired) electrons. The first kappa shape index (κ1) is 23.1. The van der Waals surface area contributed by atoms with Crippen molar-refractivity contribution in [2.24, 2.45) is 11.7 Å². The molecule has 132 valence electrons. The van der Waals surface area contributed by atoms with Gasteiger partial charge in [-0.3, -0.25) is 9.59 Å². The molecule has 6 heteroatoms. The van der Waals surface area contributed by atoms with Crippen LogP contribution in [0.3, 0.4) is 0 Å². The summed E-state index contributed by atoms with van der Waals surface area (Å²) in [6.07, 6.45) is 2.03. The predicted octanol–water partition coefficient (Wildman–Crippen LogP) is 1.39. The Morgan fingerprint density at radius 2 is 1.77 bits per heavy atom. The van der Waals surface area contributed by atoms with Crippen LogP contribution in [-0.2, 0) is 14.3 Å². The molecule has 0 aromatic heterocycles. The number of likely N-dealkylation sites (N-methyl/N-ethyl adjacent to an activating group) is 1. The Bertz CT molecular complexity index is 311. The van der Waals surface area contributed by atoms with E-state index in [1.807, 2.05) is 13.8 Å². The topological polar surface area (TPSA) is 84.7 Å². The fourth-order valence-electron chi connectivity index (χ4n) is 2.18. The largest absolute Gasteiger partial charge is 0.379 e. The molecule has 0 spiro atoms. The second kappa shape index (κ2) is 13.5. The Kier molecular flexibility index (Phi) is 14.2. The Hall–Kier alpha value is -1.14. The SMILES string of the molecule is CCC.CCC(C)C(C(CC(=O)NC)OC)N(C)C(=O)CN. The van der Waals surface area contributed by atoms with Crippen molar-refractivity contribution in [1.82, 2.24) is 10.2 Å². The quantitative estimate of drug-likeness (QED) is 0.708. The molecular formula is C16H35N3O3. The van der Waals surface area contributed by atoms with Crippen molar-refractivity contribution in [3.8, 4) is 0 Å². The van der Waals surface area contributed by atoms with E-state index < -0.39 is 0 Å². The maximum Gasteiger partial charge on any atom is 0.236 e. The van der Waals surface area contributed by atoms with Crippen molar-refractivity contribution in [1.29, 1.82) is 0 Å². The smallest absolute Gasteiger partial charge is 0.236 e. The van der Waals surface area contributed by atoms with Crippen molar-refractivity contribution >= 4 is 11.8 Å². The molecule has 22 heavy (non-hydrogen) atoms. The first-order valence-electron chi connectivity index (χ1n) is 8.03. The highest BCUT2D eigenvalue weighted by atomic mass is 16.5. The van der Waals surface area contributed by atoms with Crippen LogP contribution < -0.4 is 11.1 Å². The van der Waals surface area contributed by atoms with Crippen LogP contribution in [-0.4, -0.2) is 56.6 Å². The number of methoxy groups -OCH3 is 1. The third kappa shape index (κ3) is 8.34. The van der Waals surface area contributed by atoms with E-state index in [0.717, 1.165) is 6.42 Å². The molecule has 6 nitrogen and oxygen atoms in total. The van der Waals surface area contributed by atoms with Crippen molar-refractivity contribution in [3.05, 3.63) is 0 Å². The number of carbonyl (C=O) groups is 2. The number of nitrogens with one attached hydrogen (secondary N) is 1. The van der Waals surface area contributed by atoms with Crippen LogP contribution in [0.1, 0.15) is 47.0 Å². The van der Waals surface area contributed by atoms with Gasteiger partial charge in [0, 0.05) is 21.2 Å². The molecule has 0 aliphatic heterocycles. The lowest BCUT2D eigenvalue weighted by Crippen LogP contribution is -2.51. The summed E-state index contributed by atoms with van der Waals surface area (Å²) < 4.78 is 5.43. The average Bonchev–Trinajstić information content (AvgIpc) is 2.53. The Morgan fingerprint density at radius 3 is 2.09 bits per heavy atom. The van der Waals surface area contributed by atoms with Gasteiger partial charge in [0.25, 0.3) is 0 Å². The van der Waals surface area contributed by atoms with E-state index in [9.17, 15) is 9.59 Å². The Labute approximate surface area is 135 Å². The van der Waals surface area contributed by atoms with E-state index in [-0.39, 0.29) is 42.8 Å². The van der Waals surface area contributed by atoms with E-state index in [0.29, 0.717) is 0 Å². The number of nitrogens with zero attached hydrogens (tertiary/aromatic N) is 1. The second-order valence-corrected chi connectivity index (χ2v) is 5.44. The van der Waals surface area contributed by atoms with E-state index in [2.05, 4.69) is 19.2 Å². The number of hydrogen-bond acceptors (Lipinski definition) is 4. The molecule has 0 aliphatic rings. The summed E-state index contributed by atoms with van der Waals surface area (Å²) in [5, 5.41) is 2.58. The minimum atomic E-state index is -0.338. The molecule has 3 atom stereocenters. The van der Waals surface area contributed by atoms with E-state index >= 15 is 0 Å². The third-order valence-electron chi connectivity index (χ3n) is 3.59. The predicted molar refractivity (Wildman–Crippen MR) is 90.5 cm³/mol. The van der Waals surface area contributed by atoms with Crippen molar-refractivity contribution in [3.63, 3.8) is 0 Å². The minimum absolute atomic E-state index is 0.0418. The molecule has 0 aromatic carbocycles. The van der Waals surface area contributed by atoms with Crippen LogP contribution in [0.4, 0.5) is 0 Å². The fraction of sp³-hybridized carbons (Fsp3) is 0.875. The highest BCUT2D eigenvalue weighted by Gasteiger charge is 2.33. The maximum absolute atomic E-state index is 11.8. The monoisotopic (exact) mass is 317 g/mol. The van der Waals surface area contributed by atoms with Crippen LogP contribution >= 0.6 is 0 Å². The Balaban J connectivity index is 0. The van der Waals surface area contributed by atoms with Gasteiger partial charge in [0.05, 0.1) is 25.1 Å². The molecule has 0 heterocycles. The van der Waals surface area contributed by atoms with Crippen LogP contribution in [0.5, 0.6) is 0 Å². The number of nitrogens with two attached hydrogens (primary N) is 1. The third-order valence-corrected chi connectivity index (χ3v) is 3.59. The molecule has 2 amide bonds. The minimum Gasteiger partial charge on any atom is -0.379 e.